The molecule has 0 atom stereocenters. The van der Waals surface area contributed by atoms with E-state index in [0.717, 1.165) is 16.5 Å². The maximum Gasteiger partial charge on any atom is 0.414 e. The fourth-order valence-electron chi connectivity index (χ4n) is 2.07. The number of H-pyrrole nitrogens is 1. The van der Waals surface area contributed by atoms with E-state index in [-0.39, 0.29) is 5.97 Å². The zero-order valence-corrected chi connectivity index (χ0v) is 13.0. The highest BCUT2D eigenvalue weighted by molar-refractivity contribution is 5.86. The summed E-state index contributed by atoms with van der Waals surface area (Å²) in [6.45, 7) is 2.46. The van der Waals surface area contributed by atoms with Gasteiger partial charge >= 0.3 is 12.1 Å². The molecule has 2 rings (SSSR count). The molecule has 0 aliphatic rings. The lowest BCUT2D eigenvalue weighted by Gasteiger charge is -2.14. The van der Waals surface area contributed by atoms with Crippen LogP contribution in [0.15, 0.2) is 24.4 Å². The fraction of sp³-hybridized carbons (Fsp3) is 0.375. The number of nitrogens with zero attached hydrogens (tertiary/aromatic N) is 1. The second-order valence-electron chi connectivity index (χ2n) is 4.98. The van der Waals surface area contributed by atoms with Gasteiger partial charge in [-0.3, -0.25) is 4.79 Å². The van der Waals surface area contributed by atoms with Crippen LogP contribution < -0.4 is 4.74 Å². The van der Waals surface area contributed by atoms with Gasteiger partial charge in [-0.05, 0) is 37.1 Å². The molecular weight excluding hydrogens is 284 g/mol. The average Bonchev–Trinajstić information content (AvgIpc) is 2.94. The number of aryl methyl sites for hydroxylation is 1. The van der Waals surface area contributed by atoms with Crippen LogP contribution in [-0.4, -0.2) is 42.6 Å². The molecule has 0 aliphatic heterocycles. The molecule has 22 heavy (non-hydrogen) atoms. The first-order chi connectivity index (χ1) is 10.5. The lowest BCUT2D eigenvalue weighted by atomic mass is 10.1. The van der Waals surface area contributed by atoms with Crippen LogP contribution in [0.25, 0.3) is 10.9 Å². The maximum atomic E-state index is 11.8. The van der Waals surface area contributed by atoms with Crippen LogP contribution in [0, 0.1) is 0 Å². The van der Waals surface area contributed by atoms with Crippen LogP contribution in [0.5, 0.6) is 5.75 Å². The molecule has 0 aliphatic carbocycles. The summed E-state index contributed by atoms with van der Waals surface area (Å²) in [4.78, 5) is 27.7. The van der Waals surface area contributed by atoms with Crippen LogP contribution in [0.1, 0.15) is 18.9 Å². The van der Waals surface area contributed by atoms with Crippen molar-refractivity contribution in [1.29, 1.82) is 0 Å². The van der Waals surface area contributed by atoms with Gasteiger partial charge in [0, 0.05) is 37.1 Å². The van der Waals surface area contributed by atoms with Crippen molar-refractivity contribution >= 4 is 23.0 Å². The van der Waals surface area contributed by atoms with Crippen molar-refractivity contribution in [2.75, 3.05) is 20.7 Å². The quantitative estimate of drug-likeness (QED) is 0.862. The van der Waals surface area contributed by atoms with Crippen molar-refractivity contribution < 1.29 is 19.1 Å². The van der Waals surface area contributed by atoms with E-state index in [0.29, 0.717) is 25.1 Å². The largest absolute Gasteiger partial charge is 0.469 e. The number of hydrogen-bond donors (Lipinski definition) is 1. The van der Waals surface area contributed by atoms with Gasteiger partial charge in [0.2, 0.25) is 0 Å². The Balaban J connectivity index is 2.17. The molecular formula is C16H20N2O4. The summed E-state index contributed by atoms with van der Waals surface area (Å²) in [7, 11) is 3.05. The van der Waals surface area contributed by atoms with Gasteiger partial charge in [0.25, 0.3) is 0 Å². The predicted octanol–water partition coefficient (Wildman–Crippen LogP) is 2.72. The Morgan fingerprint density at radius 2 is 2.09 bits per heavy atom. The molecule has 0 fully saturated rings. The van der Waals surface area contributed by atoms with E-state index in [1.165, 1.54) is 12.0 Å². The number of amides is 1. The smallest absolute Gasteiger partial charge is 0.414 e. The second kappa shape index (κ2) is 6.98. The Labute approximate surface area is 129 Å². The third-order valence-electron chi connectivity index (χ3n) is 3.56. The van der Waals surface area contributed by atoms with Gasteiger partial charge in [0.05, 0.1) is 7.11 Å². The highest BCUT2D eigenvalue weighted by Crippen LogP contribution is 2.25. The van der Waals surface area contributed by atoms with E-state index >= 15 is 0 Å². The minimum atomic E-state index is -0.395. The number of esters is 1. The Morgan fingerprint density at radius 1 is 1.32 bits per heavy atom. The van der Waals surface area contributed by atoms with Gasteiger partial charge in [-0.1, -0.05) is 0 Å². The number of aromatic amines is 1. The fourth-order valence-corrected chi connectivity index (χ4v) is 2.07. The number of fused-ring (bicyclic) bond motifs is 1. The first-order valence-electron chi connectivity index (χ1n) is 7.15. The van der Waals surface area contributed by atoms with E-state index in [4.69, 9.17) is 4.74 Å². The number of carbonyl (C=O) groups is 2. The van der Waals surface area contributed by atoms with Crippen LogP contribution in [0.3, 0.4) is 0 Å². The number of aromatic nitrogens is 1. The number of hydrogen-bond acceptors (Lipinski definition) is 4. The van der Waals surface area contributed by atoms with Gasteiger partial charge in [-0.2, -0.15) is 0 Å². The van der Waals surface area contributed by atoms with Gasteiger partial charge in [0.15, 0.2) is 0 Å². The summed E-state index contributed by atoms with van der Waals surface area (Å²) in [6.07, 6.45) is 2.34. The normalized spacial score (nSPS) is 10.5. The van der Waals surface area contributed by atoms with Crippen molar-refractivity contribution in [3.8, 4) is 5.75 Å². The van der Waals surface area contributed by atoms with E-state index < -0.39 is 6.09 Å². The second-order valence-corrected chi connectivity index (χ2v) is 4.98. The Bertz CT molecular complexity index is 678. The summed E-state index contributed by atoms with van der Waals surface area (Å²) >= 11 is 0. The van der Waals surface area contributed by atoms with Crippen LogP contribution in [0.4, 0.5) is 4.79 Å². The van der Waals surface area contributed by atoms with Gasteiger partial charge in [-0.15, -0.1) is 0 Å². The molecule has 1 amide bonds. The van der Waals surface area contributed by atoms with Crippen LogP contribution in [-0.2, 0) is 16.0 Å². The van der Waals surface area contributed by atoms with E-state index in [1.807, 2.05) is 19.2 Å². The highest BCUT2D eigenvalue weighted by atomic mass is 16.6. The molecule has 0 radical (unpaired) electrons. The highest BCUT2D eigenvalue weighted by Gasteiger charge is 2.12. The summed E-state index contributed by atoms with van der Waals surface area (Å²) in [5.74, 6) is 0.234. The zero-order chi connectivity index (χ0) is 16.1. The summed E-state index contributed by atoms with van der Waals surface area (Å²) in [5, 5.41) is 0.938. The van der Waals surface area contributed by atoms with Crippen molar-refractivity contribution in [2.24, 2.45) is 0 Å². The Morgan fingerprint density at radius 3 is 2.77 bits per heavy atom. The number of carbonyl (C=O) groups excluding carboxylic acids is 2. The molecule has 1 aromatic heterocycles. The van der Waals surface area contributed by atoms with Crippen LogP contribution >= 0.6 is 0 Å². The molecule has 1 aromatic carbocycles. The first kappa shape index (κ1) is 15.9. The molecule has 0 bridgehead atoms. The van der Waals surface area contributed by atoms with Gasteiger partial charge in [-0.25, -0.2) is 4.79 Å². The molecule has 6 nitrogen and oxygen atoms in total. The first-order valence-corrected chi connectivity index (χ1v) is 7.15. The maximum absolute atomic E-state index is 11.8. The lowest BCUT2D eigenvalue weighted by Crippen LogP contribution is -2.29. The third kappa shape index (κ3) is 3.58. The molecule has 6 heteroatoms. The molecule has 0 spiro atoms. The van der Waals surface area contributed by atoms with Crippen LogP contribution in [0.2, 0.25) is 0 Å². The number of methoxy groups -OCH3 is 1. The molecule has 2 aromatic rings. The van der Waals surface area contributed by atoms with E-state index in [2.05, 4.69) is 9.72 Å². The molecule has 0 unspecified atom stereocenters. The number of rotatable bonds is 5. The topological polar surface area (TPSA) is 71.6 Å². The van der Waals surface area contributed by atoms with E-state index in [1.54, 1.807) is 19.2 Å². The van der Waals surface area contributed by atoms with E-state index in [9.17, 15) is 9.59 Å². The lowest BCUT2D eigenvalue weighted by molar-refractivity contribution is -0.140. The van der Waals surface area contributed by atoms with Gasteiger partial charge < -0.3 is 19.4 Å². The molecule has 1 N–H and O–H groups in total. The molecule has 0 saturated carbocycles. The molecule has 118 valence electrons. The number of ether oxygens (including phenoxy) is 2. The average molecular weight is 304 g/mol. The van der Waals surface area contributed by atoms with Crippen molar-refractivity contribution in [2.45, 2.75) is 19.8 Å². The Hall–Kier alpha value is -2.50. The molecule has 1 heterocycles. The summed E-state index contributed by atoms with van der Waals surface area (Å²) in [6, 6.07) is 5.40. The zero-order valence-electron chi connectivity index (χ0n) is 13.0. The number of nitrogens with one attached hydrogen (secondary N) is 1. The van der Waals surface area contributed by atoms with Crippen molar-refractivity contribution in [3.63, 3.8) is 0 Å². The predicted molar refractivity (Wildman–Crippen MR) is 83.0 cm³/mol. The minimum absolute atomic E-state index is 0.249. The minimum Gasteiger partial charge on any atom is -0.469 e. The number of benzene rings is 1. The Kier molecular flexibility index (Phi) is 5.04. The standard InChI is InChI=1S/C16H20N2O4/c1-4-18(2)16(20)22-12-6-7-14-13(9-12)11(10-17-14)5-8-15(19)21-3/h6-7,9-10,17H,4-5,8H2,1-3H3. The van der Waals surface area contributed by atoms with Crippen molar-refractivity contribution in [3.05, 3.63) is 30.0 Å². The molecule has 0 saturated heterocycles. The summed E-state index contributed by atoms with van der Waals surface area (Å²) in [5.41, 5.74) is 1.92. The summed E-state index contributed by atoms with van der Waals surface area (Å²) < 4.78 is 9.98. The van der Waals surface area contributed by atoms with Gasteiger partial charge in [0.1, 0.15) is 5.75 Å². The SMILES string of the molecule is CCN(C)C(=O)Oc1ccc2[nH]cc(CCC(=O)OC)c2c1. The van der Waals surface area contributed by atoms with Crippen molar-refractivity contribution in [1.82, 2.24) is 9.88 Å². The third-order valence-corrected chi connectivity index (χ3v) is 3.56. The monoisotopic (exact) mass is 304 g/mol.